The third-order valence-electron chi connectivity index (χ3n) is 8.55. The van der Waals surface area contributed by atoms with Gasteiger partial charge in [0.05, 0.1) is 48.0 Å². The van der Waals surface area contributed by atoms with Gasteiger partial charge in [-0.3, -0.25) is 19.5 Å². The molecular formula is C31H36F2N6O3. The van der Waals surface area contributed by atoms with Crippen molar-refractivity contribution in [3.8, 4) is 6.19 Å². The number of aliphatic hydroxyl groups is 1. The maximum atomic E-state index is 14.5. The minimum Gasteiger partial charge on any atom is -0.391 e. The van der Waals surface area contributed by atoms with Crippen molar-refractivity contribution >= 4 is 22.7 Å². The van der Waals surface area contributed by atoms with Gasteiger partial charge in [0.1, 0.15) is 6.04 Å². The Labute approximate surface area is 243 Å². The molecule has 1 saturated heterocycles. The van der Waals surface area contributed by atoms with Crippen molar-refractivity contribution in [1.82, 2.24) is 25.2 Å². The summed E-state index contributed by atoms with van der Waals surface area (Å²) < 4.78 is 27.8. The summed E-state index contributed by atoms with van der Waals surface area (Å²) in [5.41, 5.74) is 2.89. The Morgan fingerprint density at radius 2 is 1.86 bits per heavy atom. The summed E-state index contributed by atoms with van der Waals surface area (Å²) in [6.07, 6.45) is 5.35. The fraction of sp³-hybridized carbons (Fsp3) is 0.516. The lowest BCUT2D eigenvalue weighted by Gasteiger charge is -2.33. The van der Waals surface area contributed by atoms with Gasteiger partial charge in [-0.05, 0) is 29.4 Å². The van der Waals surface area contributed by atoms with Crippen molar-refractivity contribution in [2.75, 3.05) is 6.54 Å². The number of pyridine rings is 1. The van der Waals surface area contributed by atoms with Crippen LogP contribution in [0.25, 0.3) is 11.0 Å². The SMILES string of the molecule is CC(C)(C)c1ccc(C(C(=O)[C@H]2C[C@@H](O)CN2C#N)C(C(=O)NC2CCC(F)(F)CC2)c2cncc3[nH]cnc23)cc1. The molecule has 9 nitrogen and oxygen atoms in total. The highest BCUT2D eigenvalue weighted by atomic mass is 19.3. The number of fused-ring (bicyclic) bond motifs is 1. The number of carbonyl (C=O) groups excluding carboxylic acids is 2. The first-order valence-electron chi connectivity index (χ1n) is 14.3. The van der Waals surface area contributed by atoms with Crippen LogP contribution in [-0.2, 0) is 15.0 Å². The molecule has 2 aliphatic rings. The van der Waals surface area contributed by atoms with Crippen LogP contribution in [0.1, 0.15) is 81.4 Å². The average molecular weight is 579 g/mol. The van der Waals surface area contributed by atoms with Crippen LogP contribution >= 0.6 is 0 Å². The molecule has 222 valence electrons. The van der Waals surface area contributed by atoms with Gasteiger partial charge < -0.3 is 15.4 Å². The van der Waals surface area contributed by atoms with Crippen molar-refractivity contribution in [2.45, 2.75) is 94.2 Å². The molecule has 0 radical (unpaired) electrons. The number of hydrogen-bond donors (Lipinski definition) is 3. The van der Waals surface area contributed by atoms with Crippen LogP contribution in [0.4, 0.5) is 8.78 Å². The number of alkyl halides is 2. The largest absolute Gasteiger partial charge is 0.391 e. The zero-order valence-electron chi connectivity index (χ0n) is 24.0. The second kappa shape index (κ2) is 11.4. The molecule has 11 heteroatoms. The average Bonchev–Trinajstić information content (AvgIpc) is 3.58. The number of hydrogen-bond acceptors (Lipinski definition) is 7. The number of H-pyrrole nitrogens is 1. The number of aromatic amines is 1. The second-order valence-electron chi connectivity index (χ2n) is 12.6. The monoisotopic (exact) mass is 578 g/mol. The van der Waals surface area contributed by atoms with Crippen LogP contribution < -0.4 is 5.32 Å². The molecule has 4 atom stereocenters. The Balaban J connectivity index is 1.62. The number of nitriles is 1. The van der Waals surface area contributed by atoms with Crippen LogP contribution in [-0.4, -0.2) is 67.3 Å². The molecule has 3 aromatic rings. The highest BCUT2D eigenvalue weighted by Crippen LogP contribution is 2.41. The molecule has 0 spiro atoms. The van der Waals surface area contributed by atoms with Gasteiger partial charge >= 0.3 is 0 Å². The maximum Gasteiger partial charge on any atom is 0.248 e. The summed E-state index contributed by atoms with van der Waals surface area (Å²) in [7, 11) is 0. The van der Waals surface area contributed by atoms with E-state index in [0.29, 0.717) is 22.2 Å². The summed E-state index contributed by atoms with van der Waals surface area (Å²) >= 11 is 0. The minimum atomic E-state index is -2.76. The predicted molar refractivity (Wildman–Crippen MR) is 152 cm³/mol. The molecule has 1 amide bonds. The lowest BCUT2D eigenvalue weighted by molar-refractivity contribution is -0.131. The van der Waals surface area contributed by atoms with Crippen molar-refractivity contribution < 1.29 is 23.5 Å². The van der Waals surface area contributed by atoms with E-state index >= 15 is 0 Å². The molecule has 2 unspecified atom stereocenters. The number of ketones is 1. The molecule has 1 aliphatic heterocycles. The molecular weight excluding hydrogens is 542 g/mol. The van der Waals surface area contributed by atoms with Gasteiger partial charge in [0, 0.05) is 37.1 Å². The quantitative estimate of drug-likeness (QED) is 0.356. The molecule has 2 fully saturated rings. The van der Waals surface area contributed by atoms with E-state index in [0.717, 1.165) is 5.56 Å². The first kappa shape index (κ1) is 29.6. The number of β-amino-alcohol motifs (C(OH)–C–C–N with tert-alkyl or cyclic N) is 1. The number of nitrogens with zero attached hydrogens (tertiary/aromatic N) is 4. The number of benzene rings is 1. The molecule has 3 N–H and O–H groups in total. The number of aliphatic hydroxyl groups excluding tert-OH is 1. The number of carbonyl (C=O) groups is 2. The molecule has 42 heavy (non-hydrogen) atoms. The Morgan fingerprint density at radius 3 is 2.50 bits per heavy atom. The van der Waals surface area contributed by atoms with E-state index < -0.39 is 41.9 Å². The van der Waals surface area contributed by atoms with Gasteiger partial charge in [-0.25, -0.2) is 13.8 Å². The van der Waals surface area contributed by atoms with E-state index in [1.165, 1.54) is 17.4 Å². The lowest BCUT2D eigenvalue weighted by atomic mass is 9.75. The Bertz CT molecular complexity index is 1480. The Kier molecular flexibility index (Phi) is 8.03. The van der Waals surface area contributed by atoms with Crippen LogP contribution in [0.2, 0.25) is 0 Å². The van der Waals surface area contributed by atoms with Crippen LogP contribution in [0.15, 0.2) is 43.0 Å². The Hall–Kier alpha value is -3.91. The van der Waals surface area contributed by atoms with Gasteiger partial charge in [0.15, 0.2) is 12.0 Å². The molecule has 1 aromatic carbocycles. The van der Waals surface area contributed by atoms with Gasteiger partial charge in [-0.15, -0.1) is 0 Å². The first-order valence-corrected chi connectivity index (χ1v) is 14.3. The number of likely N-dealkylation sites (tertiary alicyclic amines) is 1. The van der Waals surface area contributed by atoms with E-state index in [1.807, 2.05) is 30.5 Å². The van der Waals surface area contributed by atoms with E-state index in [9.17, 15) is 28.7 Å². The van der Waals surface area contributed by atoms with E-state index in [-0.39, 0.29) is 49.8 Å². The predicted octanol–water partition coefficient (Wildman–Crippen LogP) is 4.30. The zero-order valence-corrected chi connectivity index (χ0v) is 24.0. The van der Waals surface area contributed by atoms with Crippen LogP contribution in [0.5, 0.6) is 0 Å². The fourth-order valence-corrected chi connectivity index (χ4v) is 6.17. The number of Topliss-reactive ketones (excluding diaryl/α,β-unsaturated/α-hetero) is 1. The standard InChI is InChI=1S/C31H36F2N6O3/c1-30(2,3)19-6-4-18(5-7-19)25(28(41)24-12-21(40)15-39(24)16-34)26(22-13-35-14-23-27(22)37-17-36-23)29(42)38-20-8-10-31(32,33)11-9-20/h4-7,13-14,17,20-21,24-26,40H,8-12,15H2,1-3H3,(H,36,37)(H,38,42)/t21-,24-,25?,26?/m1/s1. The van der Waals surface area contributed by atoms with Crippen molar-refractivity contribution in [2.24, 2.45) is 0 Å². The van der Waals surface area contributed by atoms with E-state index in [2.05, 4.69) is 41.0 Å². The van der Waals surface area contributed by atoms with Crippen LogP contribution in [0, 0.1) is 11.5 Å². The topological polar surface area (TPSA) is 135 Å². The Morgan fingerprint density at radius 1 is 1.17 bits per heavy atom. The highest BCUT2D eigenvalue weighted by Gasteiger charge is 2.46. The molecule has 3 heterocycles. The summed E-state index contributed by atoms with van der Waals surface area (Å²) in [5.74, 6) is -5.84. The van der Waals surface area contributed by atoms with Gasteiger partial charge in [-0.1, -0.05) is 45.0 Å². The van der Waals surface area contributed by atoms with Gasteiger partial charge in [0.25, 0.3) is 0 Å². The van der Waals surface area contributed by atoms with Crippen molar-refractivity contribution in [1.29, 1.82) is 5.26 Å². The summed E-state index contributed by atoms with van der Waals surface area (Å²) in [6.45, 7) is 6.24. The number of aromatic nitrogens is 3. The van der Waals surface area contributed by atoms with Gasteiger partial charge in [-0.2, -0.15) is 5.26 Å². The third kappa shape index (κ3) is 6.00. The third-order valence-corrected chi connectivity index (χ3v) is 8.55. The van der Waals surface area contributed by atoms with Crippen molar-refractivity contribution in [3.63, 3.8) is 0 Å². The number of rotatable bonds is 7. The van der Waals surface area contributed by atoms with Gasteiger partial charge in [0.2, 0.25) is 11.8 Å². The number of halogens is 2. The summed E-state index contributed by atoms with van der Waals surface area (Å²) in [4.78, 5) is 41.7. The van der Waals surface area contributed by atoms with Crippen LogP contribution in [0.3, 0.4) is 0 Å². The smallest absolute Gasteiger partial charge is 0.248 e. The molecule has 1 saturated carbocycles. The zero-order chi connectivity index (χ0) is 30.2. The highest BCUT2D eigenvalue weighted by molar-refractivity contribution is 6.00. The second-order valence-corrected chi connectivity index (χ2v) is 12.6. The normalized spacial score (nSPS) is 22.5. The minimum absolute atomic E-state index is 0.0201. The number of nitrogens with one attached hydrogen (secondary N) is 2. The first-order chi connectivity index (χ1) is 19.9. The molecule has 0 bridgehead atoms. The maximum absolute atomic E-state index is 14.5. The molecule has 5 rings (SSSR count). The molecule has 2 aromatic heterocycles. The molecule has 1 aliphatic carbocycles. The fourth-order valence-electron chi connectivity index (χ4n) is 6.17. The van der Waals surface area contributed by atoms with E-state index in [4.69, 9.17) is 0 Å². The summed E-state index contributed by atoms with van der Waals surface area (Å²) in [5, 5.41) is 23.1. The summed E-state index contributed by atoms with van der Waals surface area (Å²) in [6, 6.07) is 6.08. The van der Waals surface area contributed by atoms with Crippen molar-refractivity contribution in [3.05, 3.63) is 59.7 Å². The number of amides is 1. The van der Waals surface area contributed by atoms with E-state index in [1.54, 1.807) is 6.20 Å². The number of imidazole rings is 1. The lowest BCUT2D eigenvalue weighted by Crippen LogP contribution is -2.46.